The highest BCUT2D eigenvalue weighted by atomic mass is 16.8. The Balaban J connectivity index is 1.63. The van der Waals surface area contributed by atoms with Gasteiger partial charge >= 0.3 is 0 Å². The quantitative estimate of drug-likeness (QED) is 0.829. The summed E-state index contributed by atoms with van der Waals surface area (Å²) >= 11 is 0. The lowest BCUT2D eigenvalue weighted by molar-refractivity contribution is -0.218. The number of allylic oxidation sites excluding steroid dienone is 1. The summed E-state index contributed by atoms with van der Waals surface area (Å²) in [5, 5.41) is 2.45. The molecule has 2 unspecified atom stereocenters. The summed E-state index contributed by atoms with van der Waals surface area (Å²) in [7, 11) is 1.66. The van der Waals surface area contributed by atoms with E-state index in [1.807, 2.05) is 12.2 Å². The van der Waals surface area contributed by atoms with Crippen LogP contribution in [0.1, 0.15) is 18.4 Å². The van der Waals surface area contributed by atoms with Gasteiger partial charge in [-0.1, -0.05) is 42.5 Å². The van der Waals surface area contributed by atoms with Crippen molar-refractivity contribution >= 4 is 16.8 Å². The molecule has 0 saturated carbocycles. The zero-order chi connectivity index (χ0) is 15.0. The van der Waals surface area contributed by atoms with Gasteiger partial charge in [-0.3, -0.25) is 0 Å². The normalized spacial score (nSPS) is 28.8. The monoisotopic (exact) mass is 294 g/mol. The SMILES string of the molecule is COC1CCC2(C=C/C(=C/c3cccc4ccccc34)O2)O1. The first-order chi connectivity index (χ1) is 10.8. The van der Waals surface area contributed by atoms with Crippen molar-refractivity contribution in [2.24, 2.45) is 0 Å². The third-order valence-corrected chi connectivity index (χ3v) is 4.24. The molecule has 1 fully saturated rings. The van der Waals surface area contributed by atoms with Crippen molar-refractivity contribution in [3.63, 3.8) is 0 Å². The minimum absolute atomic E-state index is 0.179. The first-order valence-corrected chi connectivity index (χ1v) is 7.56. The second-order valence-corrected chi connectivity index (χ2v) is 5.68. The van der Waals surface area contributed by atoms with Crippen LogP contribution in [0.25, 0.3) is 16.8 Å². The Morgan fingerprint density at radius 3 is 2.91 bits per heavy atom. The van der Waals surface area contributed by atoms with E-state index in [-0.39, 0.29) is 6.29 Å². The van der Waals surface area contributed by atoms with Gasteiger partial charge in [0.05, 0.1) is 0 Å². The molecule has 0 radical (unpaired) electrons. The molecule has 0 N–H and O–H groups in total. The maximum Gasteiger partial charge on any atom is 0.233 e. The molecule has 3 nitrogen and oxygen atoms in total. The molecule has 0 aliphatic carbocycles. The number of ether oxygens (including phenoxy) is 3. The summed E-state index contributed by atoms with van der Waals surface area (Å²) in [6, 6.07) is 14.6. The minimum Gasteiger partial charge on any atom is -0.459 e. The fraction of sp³-hybridized carbons (Fsp3) is 0.263. The summed E-state index contributed by atoms with van der Waals surface area (Å²) in [6.45, 7) is 0. The van der Waals surface area contributed by atoms with Crippen molar-refractivity contribution in [2.75, 3.05) is 7.11 Å². The van der Waals surface area contributed by atoms with E-state index >= 15 is 0 Å². The van der Waals surface area contributed by atoms with Crippen molar-refractivity contribution < 1.29 is 14.2 Å². The van der Waals surface area contributed by atoms with Crippen molar-refractivity contribution in [3.8, 4) is 0 Å². The van der Waals surface area contributed by atoms with Gasteiger partial charge in [0.2, 0.25) is 5.79 Å². The largest absolute Gasteiger partial charge is 0.459 e. The van der Waals surface area contributed by atoms with E-state index in [4.69, 9.17) is 14.2 Å². The van der Waals surface area contributed by atoms with Gasteiger partial charge in [-0.2, -0.15) is 0 Å². The topological polar surface area (TPSA) is 27.7 Å². The van der Waals surface area contributed by atoms with E-state index in [1.165, 1.54) is 10.8 Å². The van der Waals surface area contributed by atoms with Crippen molar-refractivity contribution in [3.05, 3.63) is 65.9 Å². The van der Waals surface area contributed by atoms with Crippen LogP contribution in [0.4, 0.5) is 0 Å². The number of methoxy groups -OCH3 is 1. The Bertz CT molecular complexity index is 757. The number of fused-ring (bicyclic) bond motifs is 1. The van der Waals surface area contributed by atoms with Crippen LogP contribution in [-0.2, 0) is 14.2 Å². The second-order valence-electron chi connectivity index (χ2n) is 5.68. The average Bonchev–Trinajstić information content (AvgIpc) is 3.15. The first-order valence-electron chi connectivity index (χ1n) is 7.56. The molecule has 3 heteroatoms. The molecule has 1 saturated heterocycles. The summed E-state index contributed by atoms with van der Waals surface area (Å²) in [5.41, 5.74) is 1.15. The minimum atomic E-state index is -0.642. The molecule has 2 aliphatic rings. The summed E-state index contributed by atoms with van der Waals surface area (Å²) < 4.78 is 17.1. The molecule has 1 spiro atoms. The van der Waals surface area contributed by atoms with E-state index < -0.39 is 5.79 Å². The van der Waals surface area contributed by atoms with Crippen LogP contribution < -0.4 is 0 Å². The molecule has 4 rings (SSSR count). The van der Waals surface area contributed by atoms with Gasteiger partial charge in [0.25, 0.3) is 0 Å². The highest BCUT2D eigenvalue weighted by Gasteiger charge is 2.43. The van der Waals surface area contributed by atoms with Crippen LogP contribution in [0.3, 0.4) is 0 Å². The predicted molar refractivity (Wildman–Crippen MR) is 86.0 cm³/mol. The summed E-state index contributed by atoms with van der Waals surface area (Å²) in [6.07, 6.45) is 7.53. The molecule has 2 aliphatic heterocycles. The van der Waals surface area contributed by atoms with Crippen molar-refractivity contribution in [1.29, 1.82) is 0 Å². The fourth-order valence-electron chi connectivity index (χ4n) is 3.11. The number of rotatable bonds is 2. The second kappa shape index (κ2) is 5.27. The molecule has 112 valence electrons. The Labute approximate surface area is 129 Å². The molecule has 2 heterocycles. The summed E-state index contributed by atoms with van der Waals surface area (Å²) in [5.74, 6) is 0.185. The molecule has 2 atom stereocenters. The number of hydrogen-bond acceptors (Lipinski definition) is 3. The third-order valence-electron chi connectivity index (χ3n) is 4.24. The van der Waals surface area contributed by atoms with Gasteiger partial charge in [0.1, 0.15) is 5.76 Å². The molecular formula is C19H18O3. The lowest BCUT2D eigenvalue weighted by Gasteiger charge is -2.22. The van der Waals surface area contributed by atoms with Crippen LogP contribution in [0.2, 0.25) is 0 Å². The van der Waals surface area contributed by atoms with E-state index in [1.54, 1.807) is 7.11 Å². The van der Waals surface area contributed by atoms with Crippen LogP contribution >= 0.6 is 0 Å². The summed E-state index contributed by atoms with van der Waals surface area (Å²) in [4.78, 5) is 0. The molecular weight excluding hydrogens is 276 g/mol. The van der Waals surface area contributed by atoms with Gasteiger partial charge in [-0.15, -0.1) is 0 Å². The molecule has 2 aromatic rings. The smallest absolute Gasteiger partial charge is 0.233 e. The zero-order valence-corrected chi connectivity index (χ0v) is 12.5. The van der Waals surface area contributed by atoms with Crippen molar-refractivity contribution in [2.45, 2.75) is 24.9 Å². The fourth-order valence-corrected chi connectivity index (χ4v) is 3.11. The van der Waals surface area contributed by atoms with Gasteiger partial charge in [-0.25, -0.2) is 0 Å². The molecule has 2 aromatic carbocycles. The van der Waals surface area contributed by atoms with E-state index in [0.29, 0.717) is 0 Å². The lowest BCUT2D eigenvalue weighted by Crippen LogP contribution is -2.27. The highest BCUT2D eigenvalue weighted by Crippen LogP contribution is 2.39. The van der Waals surface area contributed by atoms with Gasteiger partial charge in [-0.05, 0) is 34.6 Å². The molecule has 0 aromatic heterocycles. The lowest BCUT2D eigenvalue weighted by atomic mass is 10.0. The Morgan fingerprint density at radius 2 is 2.05 bits per heavy atom. The van der Waals surface area contributed by atoms with Gasteiger partial charge in [0, 0.05) is 20.0 Å². The molecule has 22 heavy (non-hydrogen) atoms. The third kappa shape index (κ3) is 2.32. The van der Waals surface area contributed by atoms with Crippen LogP contribution in [-0.4, -0.2) is 19.2 Å². The van der Waals surface area contributed by atoms with Crippen LogP contribution in [0.5, 0.6) is 0 Å². The number of benzene rings is 2. The Kier molecular flexibility index (Phi) is 3.25. The van der Waals surface area contributed by atoms with E-state index in [2.05, 4.69) is 48.5 Å². The molecule has 0 bridgehead atoms. The van der Waals surface area contributed by atoms with E-state index in [9.17, 15) is 0 Å². The van der Waals surface area contributed by atoms with Crippen LogP contribution in [0.15, 0.2) is 60.4 Å². The highest BCUT2D eigenvalue weighted by molar-refractivity contribution is 5.90. The Morgan fingerprint density at radius 1 is 1.18 bits per heavy atom. The van der Waals surface area contributed by atoms with Crippen molar-refractivity contribution in [1.82, 2.24) is 0 Å². The van der Waals surface area contributed by atoms with Gasteiger partial charge in [0.15, 0.2) is 6.29 Å². The predicted octanol–water partition coefficient (Wildman–Crippen LogP) is 4.25. The van der Waals surface area contributed by atoms with Crippen LogP contribution in [0, 0.1) is 0 Å². The zero-order valence-electron chi connectivity index (χ0n) is 12.5. The molecule has 0 amide bonds. The van der Waals surface area contributed by atoms with E-state index in [0.717, 1.165) is 24.2 Å². The number of hydrogen-bond donors (Lipinski definition) is 0. The average molecular weight is 294 g/mol. The maximum atomic E-state index is 6.04. The van der Waals surface area contributed by atoms with Gasteiger partial charge < -0.3 is 14.2 Å². The first kappa shape index (κ1) is 13.6. The Hall–Kier alpha value is -2.10. The standard InChI is InChI=1S/C19H18O3/c1-20-18-10-12-19(22-18)11-9-16(21-19)13-15-7-4-6-14-5-2-3-8-17(14)15/h2-9,11,13,18H,10,12H2,1H3/b16-13-. The maximum absolute atomic E-state index is 6.04.